The van der Waals surface area contributed by atoms with Crippen LogP contribution in [0.2, 0.25) is 0 Å². The van der Waals surface area contributed by atoms with Crippen LogP contribution in [0.25, 0.3) is 32.7 Å². The van der Waals surface area contributed by atoms with E-state index in [4.69, 9.17) is 39.6 Å². The summed E-state index contributed by atoms with van der Waals surface area (Å²) in [5, 5.41) is 3.25. The Labute approximate surface area is 357 Å². The number of carbonyl (C=O) groups is 1. The fraction of sp³-hybridized carbons (Fsp3) is 0.140. The minimum Gasteiger partial charge on any atom is -0.489 e. The van der Waals surface area contributed by atoms with Crippen molar-refractivity contribution in [1.82, 2.24) is 0 Å². The summed E-state index contributed by atoms with van der Waals surface area (Å²) >= 11 is 2.11. The molecule has 0 spiro atoms. The smallest absolute Gasteiger partial charge is 0.338 e. The molecule has 0 aromatic heterocycles. The van der Waals surface area contributed by atoms with Gasteiger partial charge in [0.2, 0.25) is 0 Å². The van der Waals surface area contributed by atoms with Crippen LogP contribution in [0.3, 0.4) is 0 Å². The maximum atomic E-state index is 12.6. The first-order valence-electron chi connectivity index (χ1n) is 18.6. The van der Waals surface area contributed by atoms with Crippen LogP contribution in [0.15, 0.2) is 127 Å². The third-order valence-corrected chi connectivity index (χ3v) is 10.3. The van der Waals surface area contributed by atoms with E-state index in [1.165, 1.54) is 7.11 Å². The molecule has 0 heterocycles. The van der Waals surface area contributed by atoms with Crippen molar-refractivity contribution in [2.75, 3.05) is 34.9 Å². The molecule has 7 rings (SSSR count). The van der Waals surface area contributed by atoms with Gasteiger partial charge in [0.05, 0.1) is 23.8 Å². The topological polar surface area (TPSA) is 81.7 Å². The molecule has 0 fully saturated rings. The fourth-order valence-electron chi connectivity index (χ4n) is 6.61. The molecule has 0 atom stereocenters. The van der Waals surface area contributed by atoms with Gasteiger partial charge in [-0.25, -0.2) is 4.79 Å². The van der Waals surface area contributed by atoms with E-state index in [1.807, 2.05) is 121 Å². The van der Waals surface area contributed by atoms with Crippen LogP contribution in [0.5, 0.6) is 23.0 Å². The highest BCUT2D eigenvalue weighted by molar-refractivity contribution is 14.1. The monoisotopic (exact) mass is 894 g/mol. The molecule has 59 heavy (non-hydrogen) atoms. The van der Waals surface area contributed by atoms with E-state index < -0.39 is 5.97 Å². The minimum atomic E-state index is -0.448. The molecule has 0 saturated carbocycles. The van der Waals surface area contributed by atoms with Gasteiger partial charge >= 0.3 is 5.97 Å². The predicted octanol–water partition coefficient (Wildman–Crippen LogP) is 10.6. The Bertz CT molecular complexity index is 2730. The number of halogens is 1. The van der Waals surface area contributed by atoms with Gasteiger partial charge in [-0.15, -0.1) is 6.42 Å². The van der Waals surface area contributed by atoms with Gasteiger partial charge in [-0.3, -0.25) is 0 Å². The molecule has 7 aromatic carbocycles. The normalized spacial score (nSPS) is 10.7. The maximum Gasteiger partial charge on any atom is 0.338 e. The highest BCUT2D eigenvalue weighted by Gasteiger charge is 2.25. The molecule has 0 bridgehead atoms. The molecular formula is C50H39IO8. The Morgan fingerprint density at radius 2 is 1.12 bits per heavy atom. The number of methoxy groups -OCH3 is 3. The van der Waals surface area contributed by atoms with E-state index in [2.05, 4.69) is 40.4 Å². The number of rotatable bonds is 14. The van der Waals surface area contributed by atoms with Gasteiger partial charge in [0.1, 0.15) is 36.2 Å². The number of esters is 1. The van der Waals surface area contributed by atoms with E-state index in [1.54, 1.807) is 20.3 Å². The van der Waals surface area contributed by atoms with Crippen LogP contribution in [0.4, 0.5) is 0 Å². The number of fused-ring (bicyclic) bond motifs is 2. The molecule has 0 N–H and O–H groups in total. The fourth-order valence-corrected chi connectivity index (χ4v) is 7.17. The van der Waals surface area contributed by atoms with Gasteiger partial charge in [0, 0.05) is 34.5 Å². The molecule has 0 aliphatic heterocycles. The molecule has 0 radical (unpaired) electrons. The molecule has 0 unspecified atom stereocenters. The second kappa shape index (κ2) is 19.3. The predicted molar refractivity (Wildman–Crippen MR) is 238 cm³/mol. The zero-order chi connectivity index (χ0) is 41.1. The molecule has 7 aromatic rings. The van der Waals surface area contributed by atoms with E-state index in [0.717, 1.165) is 36.2 Å². The lowest BCUT2D eigenvalue weighted by atomic mass is 9.88. The Kier molecular flexibility index (Phi) is 13.3. The average molecular weight is 895 g/mol. The molecule has 9 heteroatoms. The van der Waals surface area contributed by atoms with Crippen LogP contribution in [0.1, 0.15) is 38.2 Å². The highest BCUT2D eigenvalue weighted by atomic mass is 127. The maximum absolute atomic E-state index is 12.6. The van der Waals surface area contributed by atoms with E-state index in [9.17, 15) is 4.79 Å². The van der Waals surface area contributed by atoms with Crippen molar-refractivity contribution in [2.24, 2.45) is 0 Å². The second-order valence-corrected chi connectivity index (χ2v) is 14.4. The van der Waals surface area contributed by atoms with Gasteiger partial charge in [0.15, 0.2) is 13.6 Å². The van der Waals surface area contributed by atoms with Crippen molar-refractivity contribution in [3.8, 4) is 58.3 Å². The second-order valence-electron chi connectivity index (χ2n) is 13.3. The summed E-state index contributed by atoms with van der Waals surface area (Å²) < 4.78 is 42.4. The summed E-state index contributed by atoms with van der Waals surface area (Å²) in [7, 11) is 4.46. The SMILES string of the molecule is C#Cc1cc2ccc(OCc3ccccc3)cc2c(-c2c(OCOC)c(C#Cc3ccc(I)c(C(=O)OC)c3)cc3ccc(OCc4ccccc4)cc23)c1OCOC. The van der Waals surface area contributed by atoms with Crippen LogP contribution in [-0.4, -0.2) is 40.9 Å². The number of ether oxygens (including phenoxy) is 7. The third kappa shape index (κ3) is 9.46. The van der Waals surface area contributed by atoms with Crippen molar-refractivity contribution in [3.05, 3.63) is 164 Å². The summed E-state index contributed by atoms with van der Waals surface area (Å²) in [4.78, 5) is 12.6. The highest BCUT2D eigenvalue weighted by Crippen LogP contribution is 2.49. The van der Waals surface area contributed by atoms with Gasteiger partial charge in [-0.2, -0.15) is 0 Å². The Morgan fingerprint density at radius 3 is 1.63 bits per heavy atom. The Balaban J connectivity index is 1.52. The zero-order valence-electron chi connectivity index (χ0n) is 32.7. The van der Waals surface area contributed by atoms with Crippen LogP contribution in [-0.2, 0) is 27.4 Å². The van der Waals surface area contributed by atoms with Gasteiger partial charge in [-0.1, -0.05) is 90.6 Å². The Hall–Kier alpha value is -6.50. The van der Waals surface area contributed by atoms with Gasteiger partial charge in [0.25, 0.3) is 0 Å². The van der Waals surface area contributed by atoms with E-state index in [0.29, 0.717) is 69.6 Å². The first kappa shape index (κ1) is 40.7. The van der Waals surface area contributed by atoms with Crippen molar-refractivity contribution >= 4 is 50.1 Å². The summed E-state index contributed by atoms with van der Waals surface area (Å²) in [6, 6.07) is 41.0. The lowest BCUT2D eigenvalue weighted by molar-refractivity contribution is 0.0500. The van der Waals surface area contributed by atoms with Gasteiger partial charge < -0.3 is 33.2 Å². The molecule has 8 nitrogen and oxygen atoms in total. The number of carbonyl (C=O) groups excluding carboxylic acids is 1. The van der Waals surface area contributed by atoms with E-state index in [-0.39, 0.29) is 13.6 Å². The van der Waals surface area contributed by atoms with Crippen molar-refractivity contribution in [2.45, 2.75) is 13.2 Å². The number of hydrogen-bond donors (Lipinski definition) is 0. The molecule has 294 valence electrons. The average Bonchev–Trinajstić information content (AvgIpc) is 3.28. The number of benzene rings is 7. The molecular weight excluding hydrogens is 855 g/mol. The quantitative estimate of drug-likeness (QED) is 0.0462. The van der Waals surface area contributed by atoms with Crippen molar-refractivity contribution in [1.29, 1.82) is 0 Å². The largest absolute Gasteiger partial charge is 0.489 e. The summed E-state index contributed by atoms with van der Waals surface area (Å²) in [6.07, 6.45) is 6.23. The summed E-state index contributed by atoms with van der Waals surface area (Å²) in [5.74, 6) is 11.1. The van der Waals surface area contributed by atoms with Crippen molar-refractivity contribution in [3.63, 3.8) is 0 Å². The third-order valence-electron chi connectivity index (χ3n) is 9.39. The molecule has 0 aliphatic rings. The number of hydrogen-bond acceptors (Lipinski definition) is 8. The lowest BCUT2D eigenvalue weighted by Gasteiger charge is -2.22. The minimum absolute atomic E-state index is 0.0795. The molecule has 0 saturated heterocycles. The first-order valence-corrected chi connectivity index (χ1v) is 19.6. The van der Waals surface area contributed by atoms with Crippen molar-refractivity contribution < 1.29 is 38.0 Å². The number of terminal acetylenes is 1. The Morgan fingerprint density at radius 1 is 0.593 bits per heavy atom. The standard InChI is InChI=1S/C50H39IO8/c1-5-36-25-37-19-21-40(56-29-34-12-8-6-9-13-34)27-42(37)46(48(36)58-31-53-2)47-43-28-41(57-30-35-14-10-7-11-15-35)22-20-38(43)26-39(49(47)59-32-54-3)18-16-33-17-23-45(51)44(24-33)50(52)55-4/h1,6-15,17,19-28H,29-32H2,2-4H3. The van der Waals surface area contributed by atoms with Crippen LogP contribution >= 0.6 is 22.6 Å². The van der Waals surface area contributed by atoms with Gasteiger partial charge in [-0.05, 0) is 110 Å². The molecule has 0 amide bonds. The zero-order valence-corrected chi connectivity index (χ0v) is 34.8. The van der Waals surface area contributed by atoms with Crippen LogP contribution < -0.4 is 18.9 Å². The van der Waals surface area contributed by atoms with E-state index >= 15 is 0 Å². The summed E-state index contributed by atoms with van der Waals surface area (Å²) in [6.45, 7) is 0.553. The molecule has 0 aliphatic carbocycles. The van der Waals surface area contributed by atoms with Crippen LogP contribution in [0, 0.1) is 27.8 Å². The lowest BCUT2D eigenvalue weighted by Crippen LogP contribution is -2.07. The summed E-state index contributed by atoms with van der Waals surface area (Å²) in [5.41, 5.74) is 5.42. The first-order chi connectivity index (χ1) is 28.9.